The molecular formula is C35H59N5O7S. The second kappa shape index (κ2) is 20.1. The Morgan fingerprint density at radius 3 is 1.27 bits per heavy atom. The smallest absolute Gasteiger partial charge is 0.317 e. The lowest BCUT2D eigenvalue weighted by atomic mass is 9.84. The van der Waals surface area contributed by atoms with Crippen LogP contribution >= 0.6 is 11.8 Å². The van der Waals surface area contributed by atoms with Crippen LogP contribution in [0.2, 0.25) is 0 Å². The quantitative estimate of drug-likeness (QED) is 0.200. The molecule has 1 saturated heterocycles. The van der Waals surface area contributed by atoms with E-state index in [1.807, 2.05) is 4.90 Å². The van der Waals surface area contributed by atoms with Crippen molar-refractivity contribution in [3.05, 3.63) is 34.9 Å². The predicted molar refractivity (Wildman–Crippen MR) is 191 cm³/mol. The zero-order valence-electron chi connectivity index (χ0n) is 29.9. The number of nitrogens with one attached hydrogen (secondary N) is 1. The van der Waals surface area contributed by atoms with Crippen LogP contribution in [0.25, 0.3) is 0 Å². The average Bonchev–Trinajstić information content (AvgIpc) is 2.91. The minimum Gasteiger partial charge on any atom is -0.480 e. The third-order valence-corrected chi connectivity index (χ3v) is 8.82. The van der Waals surface area contributed by atoms with E-state index in [9.17, 15) is 34.5 Å². The number of carboxylic acids is 3. The van der Waals surface area contributed by atoms with Gasteiger partial charge in [0.15, 0.2) is 0 Å². The molecule has 1 aliphatic heterocycles. The van der Waals surface area contributed by atoms with Crippen molar-refractivity contribution >= 4 is 35.6 Å². The summed E-state index contributed by atoms with van der Waals surface area (Å²) in [6, 6.07) is 6.97. The largest absolute Gasteiger partial charge is 0.480 e. The van der Waals surface area contributed by atoms with E-state index in [0.29, 0.717) is 58.9 Å². The van der Waals surface area contributed by atoms with E-state index in [4.69, 9.17) is 0 Å². The van der Waals surface area contributed by atoms with Crippen LogP contribution in [0.4, 0.5) is 0 Å². The lowest BCUT2D eigenvalue weighted by Gasteiger charge is -2.32. The summed E-state index contributed by atoms with van der Waals surface area (Å²) in [5.74, 6) is -1.47. The Morgan fingerprint density at radius 1 is 0.604 bits per heavy atom. The van der Waals surface area contributed by atoms with Gasteiger partial charge < -0.3 is 20.6 Å². The summed E-state index contributed by atoms with van der Waals surface area (Å²) >= 11 is 1.79. The van der Waals surface area contributed by atoms with Gasteiger partial charge in [-0.1, -0.05) is 59.7 Å². The van der Waals surface area contributed by atoms with Crippen LogP contribution in [0, 0.1) is 10.8 Å². The van der Waals surface area contributed by atoms with Gasteiger partial charge in [0.1, 0.15) is 0 Å². The Kier molecular flexibility index (Phi) is 17.3. The second-order valence-corrected chi connectivity index (χ2v) is 16.4. The Morgan fingerprint density at radius 2 is 0.938 bits per heavy atom. The van der Waals surface area contributed by atoms with E-state index in [-0.39, 0.29) is 42.9 Å². The number of rotatable bonds is 15. The van der Waals surface area contributed by atoms with Crippen LogP contribution in [0.15, 0.2) is 18.2 Å². The van der Waals surface area contributed by atoms with Gasteiger partial charge in [-0.3, -0.25) is 38.8 Å². The Balaban J connectivity index is 1.98. The molecule has 1 fully saturated rings. The Bertz CT molecular complexity index is 1130. The number of nitrogens with zero attached hydrogens (tertiary/aromatic N) is 4. The van der Waals surface area contributed by atoms with Gasteiger partial charge in [0.2, 0.25) is 5.91 Å². The SMILES string of the molecule is CC(C)(C)Cc1cc(CSCCNC(=O)CN2CCN(CC(=O)O)CCN(CC(=O)O)CCN(CC(=O)O)CC2)cc(CC(C)(C)C)c1. The minimum absolute atomic E-state index is 0.114. The highest BCUT2D eigenvalue weighted by atomic mass is 32.2. The van der Waals surface area contributed by atoms with Crippen molar-refractivity contribution in [1.82, 2.24) is 24.9 Å². The topological polar surface area (TPSA) is 154 Å². The fourth-order valence-corrected chi connectivity index (χ4v) is 6.64. The standard InChI is InChI=1S/C35H59N5O7S/c1-34(2,3)20-27-17-28(21-35(4,5)6)19-29(18-27)26-48-16-7-36-30(41)22-37-8-10-38(23-31(42)43)12-14-40(25-33(46)47)15-13-39(11-9-37)24-32(44)45/h17-19H,7-16,20-26H2,1-6H3,(H,36,41)(H,42,43)(H,44,45)(H,46,47). The molecule has 0 unspecified atom stereocenters. The van der Waals surface area contributed by atoms with E-state index < -0.39 is 17.9 Å². The van der Waals surface area contributed by atoms with E-state index >= 15 is 0 Å². The molecule has 2 rings (SSSR count). The first-order valence-electron chi connectivity index (χ1n) is 16.9. The van der Waals surface area contributed by atoms with Gasteiger partial charge in [0.05, 0.1) is 26.2 Å². The predicted octanol–water partition coefficient (Wildman–Crippen LogP) is 2.69. The molecule has 0 aromatic heterocycles. The number of carbonyl (C=O) groups excluding carboxylic acids is 1. The molecule has 1 aromatic carbocycles. The van der Waals surface area contributed by atoms with Crippen molar-refractivity contribution in [3.8, 4) is 0 Å². The molecule has 0 saturated carbocycles. The lowest BCUT2D eigenvalue weighted by Crippen LogP contribution is -2.49. The molecule has 0 aliphatic carbocycles. The summed E-state index contributed by atoms with van der Waals surface area (Å²) in [6.07, 6.45) is 2.03. The van der Waals surface area contributed by atoms with Crippen LogP contribution in [0.1, 0.15) is 58.2 Å². The van der Waals surface area contributed by atoms with Crippen LogP contribution in [-0.4, -0.2) is 150 Å². The van der Waals surface area contributed by atoms with Crippen LogP contribution in [-0.2, 0) is 37.8 Å². The second-order valence-electron chi connectivity index (χ2n) is 15.3. The van der Waals surface area contributed by atoms with Gasteiger partial charge in [-0.25, -0.2) is 0 Å². The maximum Gasteiger partial charge on any atom is 0.317 e. The Labute approximate surface area is 291 Å². The molecule has 0 radical (unpaired) electrons. The number of hydrogen-bond donors (Lipinski definition) is 4. The number of thioether (sulfide) groups is 1. The van der Waals surface area contributed by atoms with Crippen molar-refractivity contribution in [2.45, 2.75) is 60.1 Å². The monoisotopic (exact) mass is 693 g/mol. The molecule has 1 aliphatic rings. The summed E-state index contributed by atoms with van der Waals surface area (Å²) in [5, 5.41) is 31.2. The number of hydrogen-bond acceptors (Lipinski definition) is 9. The van der Waals surface area contributed by atoms with Gasteiger partial charge in [-0.15, -0.1) is 0 Å². The van der Waals surface area contributed by atoms with Crippen LogP contribution in [0.3, 0.4) is 0 Å². The average molecular weight is 694 g/mol. The van der Waals surface area contributed by atoms with Crippen LogP contribution in [0.5, 0.6) is 0 Å². The number of carboxylic acid groups (broad SMARTS) is 3. The van der Waals surface area contributed by atoms with E-state index in [2.05, 4.69) is 65.1 Å². The zero-order valence-corrected chi connectivity index (χ0v) is 30.7. The van der Waals surface area contributed by atoms with Gasteiger partial charge in [-0.05, 0) is 40.4 Å². The number of benzene rings is 1. The molecule has 0 bridgehead atoms. The molecule has 0 atom stereocenters. The highest BCUT2D eigenvalue weighted by Crippen LogP contribution is 2.27. The van der Waals surface area contributed by atoms with Crippen molar-refractivity contribution in [2.75, 3.05) is 90.8 Å². The summed E-state index contributed by atoms with van der Waals surface area (Å²) in [5.41, 5.74) is 4.42. The number of aliphatic carboxylic acids is 3. The summed E-state index contributed by atoms with van der Waals surface area (Å²) in [7, 11) is 0. The van der Waals surface area contributed by atoms with Gasteiger partial charge in [0, 0.05) is 70.4 Å². The highest BCUT2D eigenvalue weighted by Gasteiger charge is 2.21. The van der Waals surface area contributed by atoms with Gasteiger partial charge >= 0.3 is 17.9 Å². The molecule has 1 aromatic rings. The van der Waals surface area contributed by atoms with Crippen molar-refractivity contribution in [1.29, 1.82) is 0 Å². The third-order valence-electron chi connectivity index (χ3n) is 7.79. The van der Waals surface area contributed by atoms with Crippen molar-refractivity contribution in [3.63, 3.8) is 0 Å². The minimum atomic E-state index is -0.997. The molecule has 1 amide bonds. The first kappa shape index (κ1) is 41.5. The van der Waals surface area contributed by atoms with Crippen molar-refractivity contribution in [2.24, 2.45) is 10.8 Å². The first-order chi connectivity index (χ1) is 22.4. The summed E-state index contributed by atoms with van der Waals surface area (Å²) < 4.78 is 0. The van der Waals surface area contributed by atoms with Crippen molar-refractivity contribution < 1.29 is 34.5 Å². The fourth-order valence-electron chi connectivity index (χ4n) is 5.85. The fraction of sp³-hybridized carbons (Fsp3) is 0.714. The van der Waals surface area contributed by atoms with Gasteiger partial charge in [-0.2, -0.15) is 11.8 Å². The number of amides is 1. The maximum atomic E-state index is 13.0. The molecule has 48 heavy (non-hydrogen) atoms. The van der Waals surface area contributed by atoms with E-state index in [1.54, 1.807) is 26.5 Å². The molecule has 13 heteroatoms. The third kappa shape index (κ3) is 19.3. The normalized spacial score (nSPS) is 17.0. The molecule has 272 valence electrons. The van der Waals surface area contributed by atoms with E-state index in [1.165, 1.54) is 16.7 Å². The summed E-state index contributed by atoms with van der Waals surface area (Å²) in [4.78, 5) is 54.6. The molecule has 12 nitrogen and oxygen atoms in total. The maximum absolute atomic E-state index is 13.0. The lowest BCUT2D eigenvalue weighted by molar-refractivity contribution is -0.140. The highest BCUT2D eigenvalue weighted by molar-refractivity contribution is 7.98. The number of carbonyl (C=O) groups is 4. The first-order valence-corrected chi connectivity index (χ1v) is 18.0. The van der Waals surface area contributed by atoms with Crippen LogP contribution < -0.4 is 5.32 Å². The Hall–Kier alpha value is -2.71. The van der Waals surface area contributed by atoms with Gasteiger partial charge in [0.25, 0.3) is 0 Å². The molecule has 0 spiro atoms. The molecular weight excluding hydrogens is 634 g/mol. The van der Waals surface area contributed by atoms with E-state index in [0.717, 1.165) is 24.3 Å². The molecule has 1 heterocycles. The zero-order chi connectivity index (χ0) is 35.9. The molecule has 4 N–H and O–H groups in total. The summed E-state index contributed by atoms with van der Waals surface area (Å²) in [6.45, 7) is 16.5.